The molecule has 138 valence electrons. The Balaban J connectivity index is 3.04. The molecule has 0 unspecified atom stereocenters. The van der Waals surface area contributed by atoms with Gasteiger partial charge in [-0.1, -0.05) is 33.1 Å². The SMILES string of the molecule is COCC(=O)NCCCCCOCCOCCCCCC(C)C. The number of unbranched alkanes of at least 4 members (excludes halogenated alkanes) is 4. The van der Waals surface area contributed by atoms with Gasteiger partial charge in [0.15, 0.2) is 0 Å². The Bertz CT molecular complexity index is 259. The fourth-order valence-corrected chi connectivity index (χ4v) is 2.17. The summed E-state index contributed by atoms with van der Waals surface area (Å²) in [5, 5.41) is 2.80. The molecule has 1 N–H and O–H groups in total. The van der Waals surface area contributed by atoms with Crippen LogP contribution in [0.1, 0.15) is 58.8 Å². The van der Waals surface area contributed by atoms with E-state index in [4.69, 9.17) is 14.2 Å². The highest BCUT2D eigenvalue weighted by Gasteiger charge is 1.98. The average molecular weight is 331 g/mol. The molecular formula is C18H37NO4. The van der Waals surface area contributed by atoms with E-state index < -0.39 is 0 Å². The molecule has 5 nitrogen and oxygen atoms in total. The number of rotatable bonds is 17. The van der Waals surface area contributed by atoms with E-state index in [0.29, 0.717) is 19.8 Å². The molecule has 0 aromatic rings. The summed E-state index contributed by atoms with van der Waals surface area (Å²) in [6.45, 7) is 8.37. The molecule has 0 aromatic carbocycles. The highest BCUT2D eigenvalue weighted by Crippen LogP contribution is 2.07. The molecule has 0 radical (unpaired) electrons. The molecule has 0 spiro atoms. The van der Waals surface area contributed by atoms with Crippen LogP contribution in [0.4, 0.5) is 0 Å². The van der Waals surface area contributed by atoms with Crippen molar-refractivity contribution in [3.8, 4) is 0 Å². The summed E-state index contributed by atoms with van der Waals surface area (Å²) in [7, 11) is 1.52. The van der Waals surface area contributed by atoms with Crippen molar-refractivity contribution in [1.82, 2.24) is 5.32 Å². The van der Waals surface area contributed by atoms with Gasteiger partial charge in [0.25, 0.3) is 0 Å². The monoisotopic (exact) mass is 331 g/mol. The van der Waals surface area contributed by atoms with Gasteiger partial charge >= 0.3 is 0 Å². The smallest absolute Gasteiger partial charge is 0.245 e. The van der Waals surface area contributed by atoms with Gasteiger partial charge in [-0.25, -0.2) is 0 Å². The van der Waals surface area contributed by atoms with Crippen molar-refractivity contribution in [1.29, 1.82) is 0 Å². The van der Waals surface area contributed by atoms with Crippen LogP contribution in [-0.4, -0.2) is 52.6 Å². The number of hydrogen-bond acceptors (Lipinski definition) is 4. The number of carbonyl (C=O) groups excluding carboxylic acids is 1. The Morgan fingerprint density at radius 2 is 1.48 bits per heavy atom. The van der Waals surface area contributed by atoms with Gasteiger partial charge in [0.2, 0.25) is 5.91 Å². The van der Waals surface area contributed by atoms with E-state index in [-0.39, 0.29) is 12.5 Å². The first-order chi connectivity index (χ1) is 11.2. The van der Waals surface area contributed by atoms with Gasteiger partial charge in [0, 0.05) is 26.9 Å². The van der Waals surface area contributed by atoms with Gasteiger partial charge in [0.1, 0.15) is 6.61 Å². The van der Waals surface area contributed by atoms with E-state index in [0.717, 1.165) is 44.8 Å². The topological polar surface area (TPSA) is 56.8 Å². The van der Waals surface area contributed by atoms with Crippen molar-refractivity contribution in [2.45, 2.75) is 58.8 Å². The van der Waals surface area contributed by atoms with Crippen molar-refractivity contribution in [3.63, 3.8) is 0 Å². The van der Waals surface area contributed by atoms with Gasteiger partial charge < -0.3 is 19.5 Å². The zero-order valence-electron chi connectivity index (χ0n) is 15.4. The summed E-state index contributed by atoms with van der Waals surface area (Å²) in [6, 6.07) is 0. The van der Waals surface area contributed by atoms with Crippen LogP contribution in [0.3, 0.4) is 0 Å². The number of carbonyl (C=O) groups is 1. The Morgan fingerprint density at radius 1 is 0.870 bits per heavy atom. The molecule has 23 heavy (non-hydrogen) atoms. The van der Waals surface area contributed by atoms with Crippen LogP contribution in [0.5, 0.6) is 0 Å². The molecule has 0 atom stereocenters. The first kappa shape index (κ1) is 22.4. The van der Waals surface area contributed by atoms with Gasteiger partial charge in [-0.2, -0.15) is 0 Å². The fraction of sp³-hybridized carbons (Fsp3) is 0.944. The first-order valence-electron chi connectivity index (χ1n) is 9.08. The number of nitrogens with one attached hydrogen (secondary N) is 1. The maximum Gasteiger partial charge on any atom is 0.245 e. The lowest BCUT2D eigenvalue weighted by Crippen LogP contribution is -2.27. The summed E-state index contributed by atoms with van der Waals surface area (Å²) in [5.74, 6) is 0.760. The third-order valence-electron chi connectivity index (χ3n) is 3.51. The second-order valence-electron chi connectivity index (χ2n) is 6.31. The van der Waals surface area contributed by atoms with Crippen LogP contribution >= 0.6 is 0 Å². The molecule has 0 saturated carbocycles. The summed E-state index contributed by atoms with van der Waals surface area (Å²) >= 11 is 0. The van der Waals surface area contributed by atoms with Gasteiger partial charge in [0.05, 0.1) is 13.2 Å². The van der Waals surface area contributed by atoms with Crippen molar-refractivity contribution in [2.24, 2.45) is 5.92 Å². The molecule has 0 aliphatic rings. The summed E-state index contributed by atoms with van der Waals surface area (Å²) in [5.41, 5.74) is 0. The highest BCUT2D eigenvalue weighted by atomic mass is 16.5. The predicted octanol–water partition coefficient (Wildman–Crippen LogP) is 3.17. The van der Waals surface area contributed by atoms with Crippen LogP contribution in [0.15, 0.2) is 0 Å². The van der Waals surface area contributed by atoms with Crippen LogP contribution in [0, 0.1) is 5.92 Å². The van der Waals surface area contributed by atoms with Gasteiger partial charge in [-0.3, -0.25) is 4.79 Å². The summed E-state index contributed by atoms with van der Waals surface area (Å²) < 4.78 is 15.8. The van der Waals surface area contributed by atoms with Crippen LogP contribution in [0.2, 0.25) is 0 Å². The van der Waals surface area contributed by atoms with Gasteiger partial charge in [-0.15, -0.1) is 0 Å². The maximum atomic E-state index is 11.1. The van der Waals surface area contributed by atoms with Crippen LogP contribution < -0.4 is 5.32 Å². The lowest BCUT2D eigenvalue weighted by atomic mass is 10.1. The Kier molecular flexibility index (Phi) is 17.2. The zero-order valence-corrected chi connectivity index (χ0v) is 15.4. The van der Waals surface area contributed by atoms with E-state index in [1.165, 1.54) is 26.4 Å². The second-order valence-corrected chi connectivity index (χ2v) is 6.31. The Hall–Kier alpha value is -0.650. The Labute approximate surface area is 142 Å². The molecule has 0 aromatic heterocycles. The number of amides is 1. The normalized spacial score (nSPS) is 11.1. The second kappa shape index (κ2) is 17.7. The molecule has 0 aliphatic heterocycles. The Morgan fingerprint density at radius 3 is 2.04 bits per heavy atom. The highest BCUT2D eigenvalue weighted by molar-refractivity contribution is 5.77. The van der Waals surface area contributed by atoms with Crippen LogP contribution in [0.25, 0.3) is 0 Å². The molecular weight excluding hydrogens is 294 g/mol. The zero-order chi connectivity index (χ0) is 17.2. The lowest BCUT2D eigenvalue weighted by molar-refractivity contribution is -0.124. The first-order valence-corrected chi connectivity index (χ1v) is 9.08. The molecule has 0 bridgehead atoms. The molecule has 0 saturated heterocycles. The number of ether oxygens (including phenoxy) is 3. The summed E-state index contributed by atoms with van der Waals surface area (Å²) in [4.78, 5) is 11.1. The van der Waals surface area contributed by atoms with Crippen LogP contribution in [-0.2, 0) is 19.0 Å². The van der Waals surface area contributed by atoms with E-state index in [2.05, 4.69) is 19.2 Å². The van der Waals surface area contributed by atoms with E-state index in [9.17, 15) is 4.79 Å². The van der Waals surface area contributed by atoms with E-state index in [1.54, 1.807) is 0 Å². The molecule has 0 aliphatic carbocycles. The summed E-state index contributed by atoms with van der Waals surface area (Å²) in [6.07, 6.45) is 8.11. The fourth-order valence-electron chi connectivity index (χ4n) is 2.17. The van der Waals surface area contributed by atoms with Crippen molar-refractivity contribution >= 4 is 5.91 Å². The van der Waals surface area contributed by atoms with Gasteiger partial charge in [-0.05, 0) is 31.6 Å². The minimum Gasteiger partial charge on any atom is -0.379 e. The quantitative estimate of drug-likeness (QED) is 0.416. The predicted molar refractivity (Wildman–Crippen MR) is 93.7 cm³/mol. The molecule has 0 fully saturated rings. The van der Waals surface area contributed by atoms with E-state index in [1.807, 2.05) is 0 Å². The third-order valence-corrected chi connectivity index (χ3v) is 3.51. The number of methoxy groups -OCH3 is 1. The third kappa shape index (κ3) is 19.3. The van der Waals surface area contributed by atoms with Crippen molar-refractivity contribution in [3.05, 3.63) is 0 Å². The minimum absolute atomic E-state index is 0.0508. The molecule has 0 rings (SSSR count). The van der Waals surface area contributed by atoms with Crippen molar-refractivity contribution in [2.75, 3.05) is 46.7 Å². The maximum absolute atomic E-state index is 11.1. The average Bonchev–Trinajstić information content (AvgIpc) is 2.51. The lowest BCUT2D eigenvalue weighted by Gasteiger charge is -2.07. The minimum atomic E-state index is -0.0508. The number of hydrogen-bond donors (Lipinski definition) is 1. The standard InChI is InChI=1S/C18H37NO4/c1-17(2)10-6-4-8-12-22-14-15-23-13-9-5-7-11-19-18(20)16-21-3/h17H,4-16H2,1-3H3,(H,19,20). The van der Waals surface area contributed by atoms with E-state index >= 15 is 0 Å². The molecule has 5 heteroatoms. The molecule has 0 heterocycles. The molecule has 1 amide bonds. The largest absolute Gasteiger partial charge is 0.379 e. The van der Waals surface area contributed by atoms with Crippen molar-refractivity contribution < 1.29 is 19.0 Å².